The van der Waals surface area contributed by atoms with E-state index in [2.05, 4.69) is 15.4 Å². The summed E-state index contributed by atoms with van der Waals surface area (Å²) in [5, 5.41) is 7.08. The molecular formula is C23H27N5O3S. The molecule has 2 heterocycles. The lowest BCUT2D eigenvalue weighted by Gasteiger charge is -2.31. The number of hydrogen-bond donors (Lipinski definition) is 1. The molecule has 0 atom stereocenters. The zero-order valence-corrected chi connectivity index (χ0v) is 19.0. The first-order chi connectivity index (χ1) is 15.3. The molecule has 1 aliphatic heterocycles. The molecule has 1 saturated heterocycles. The number of carbonyl (C=O) groups excluding carboxylic acids is 1. The number of benzene rings is 2. The summed E-state index contributed by atoms with van der Waals surface area (Å²) in [5.41, 5.74) is 3.50. The summed E-state index contributed by atoms with van der Waals surface area (Å²) in [5.74, 6) is -0.300. The Hall–Kier alpha value is -3.04. The van der Waals surface area contributed by atoms with E-state index in [1.807, 2.05) is 50.2 Å². The first-order valence-electron chi connectivity index (χ1n) is 10.6. The molecule has 168 valence electrons. The second-order valence-electron chi connectivity index (χ2n) is 8.23. The fourth-order valence-electron chi connectivity index (χ4n) is 4.08. The summed E-state index contributed by atoms with van der Waals surface area (Å²) in [6.07, 6.45) is 4.12. The van der Waals surface area contributed by atoms with Crippen molar-refractivity contribution in [2.24, 2.45) is 5.92 Å². The largest absolute Gasteiger partial charge is 0.326 e. The van der Waals surface area contributed by atoms with Crippen LogP contribution in [0.5, 0.6) is 0 Å². The van der Waals surface area contributed by atoms with E-state index in [1.165, 1.54) is 10.6 Å². The quantitative estimate of drug-likeness (QED) is 0.619. The molecule has 3 aromatic rings. The van der Waals surface area contributed by atoms with Crippen molar-refractivity contribution >= 4 is 21.6 Å². The summed E-state index contributed by atoms with van der Waals surface area (Å²) in [6.45, 7) is 4.99. The second-order valence-corrected chi connectivity index (χ2v) is 10.1. The van der Waals surface area contributed by atoms with Gasteiger partial charge >= 0.3 is 0 Å². The van der Waals surface area contributed by atoms with Crippen LogP contribution in [0.2, 0.25) is 0 Å². The average Bonchev–Trinajstić information content (AvgIpc) is 3.27. The minimum absolute atomic E-state index is 0.0773. The minimum atomic E-state index is -3.56. The van der Waals surface area contributed by atoms with Crippen molar-refractivity contribution < 1.29 is 13.2 Å². The third-order valence-electron chi connectivity index (χ3n) is 5.78. The minimum Gasteiger partial charge on any atom is -0.326 e. The monoisotopic (exact) mass is 453 g/mol. The van der Waals surface area contributed by atoms with E-state index in [1.54, 1.807) is 17.1 Å². The van der Waals surface area contributed by atoms with Crippen LogP contribution < -0.4 is 5.32 Å². The molecule has 0 bridgehead atoms. The molecule has 0 aliphatic carbocycles. The number of sulfonamides is 1. The highest BCUT2D eigenvalue weighted by molar-refractivity contribution is 7.89. The number of nitrogens with one attached hydrogen (secondary N) is 1. The van der Waals surface area contributed by atoms with Gasteiger partial charge in [-0.15, -0.1) is 0 Å². The van der Waals surface area contributed by atoms with Gasteiger partial charge in [-0.05, 0) is 56.0 Å². The van der Waals surface area contributed by atoms with Gasteiger partial charge in [0.05, 0.1) is 11.4 Å². The molecule has 8 nitrogen and oxygen atoms in total. The molecule has 0 radical (unpaired) electrons. The Labute approximate surface area is 188 Å². The molecule has 1 fully saturated rings. The fraction of sp³-hybridized carbons (Fsp3) is 0.348. The predicted octanol–water partition coefficient (Wildman–Crippen LogP) is 2.98. The molecule has 0 spiro atoms. The standard InChI is InChI=1S/C23H27N5O3S/c1-17-6-7-22(18(2)12-17)32(30,31)28-10-8-20(9-11-28)23(29)26-21-5-3-4-19(13-21)14-27-16-24-15-25-27/h3-7,12-13,15-16,20H,8-11,14H2,1-2H3,(H,26,29). The lowest BCUT2D eigenvalue weighted by Crippen LogP contribution is -2.41. The summed E-state index contributed by atoms with van der Waals surface area (Å²) >= 11 is 0. The normalized spacial score (nSPS) is 15.6. The van der Waals surface area contributed by atoms with Crippen LogP contribution in [0.1, 0.15) is 29.5 Å². The van der Waals surface area contributed by atoms with Crippen molar-refractivity contribution in [3.8, 4) is 0 Å². The topological polar surface area (TPSA) is 97.2 Å². The molecule has 1 aromatic heterocycles. The van der Waals surface area contributed by atoms with Gasteiger partial charge in [0.15, 0.2) is 0 Å². The van der Waals surface area contributed by atoms with Crippen LogP contribution >= 0.6 is 0 Å². The maximum Gasteiger partial charge on any atom is 0.243 e. The third kappa shape index (κ3) is 4.89. The smallest absolute Gasteiger partial charge is 0.243 e. The van der Waals surface area contributed by atoms with Crippen LogP contribution in [0.25, 0.3) is 0 Å². The molecule has 32 heavy (non-hydrogen) atoms. The Kier molecular flexibility index (Phi) is 6.38. The first-order valence-corrected chi connectivity index (χ1v) is 12.1. The van der Waals surface area contributed by atoms with Crippen molar-refractivity contribution in [2.45, 2.75) is 38.1 Å². The van der Waals surface area contributed by atoms with Crippen molar-refractivity contribution in [2.75, 3.05) is 18.4 Å². The zero-order chi connectivity index (χ0) is 22.7. The van der Waals surface area contributed by atoms with E-state index in [9.17, 15) is 13.2 Å². The maximum absolute atomic E-state index is 13.1. The highest BCUT2D eigenvalue weighted by atomic mass is 32.2. The maximum atomic E-state index is 13.1. The van der Waals surface area contributed by atoms with Gasteiger partial charge in [0.2, 0.25) is 15.9 Å². The Morgan fingerprint density at radius 2 is 1.91 bits per heavy atom. The Bertz CT molecular complexity index is 1200. The van der Waals surface area contributed by atoms with Crippen LogP contribution in [-0.2, 0) is 21.4 Å². The SMILES string of the molecule is Cc1ccc(S(=O)(=O)N2CCC(C(=O)Nc3cccc(Cn4cncn4)c3)CC2)c(C)c1. The molecule has 0 unspecified atom stereocenters. The number of hydrogen-bond acceptors (Lipinski definition) is 5. The Morgan fingerprint density at radius 3 is 2.59 bits per heavy atom. The van der Waals surface area contributed by atoms with Gasteiger partial charge in [-0.1, -0.05) is 29.8 Å². The predicted molar refractivity (Wildman–Crippen MR) is 122 cm³/mol. The van der Waals surface area contributed by atoms with Gasteiger partial charge in [0, 0.05) is 24.7 Å². The number of nitrogens with zero attached hydrogens (tertiary/aromatic N) is 4. The van der Waals surface area contributed by atoms with Gasteiger partial charge in [-0.3, -0.25) is 4.79 Å². The molecular weight excluding hydrogens is 426 g/mol. The number of carbonyl (C=O) groups is 1. The van der Waals surface area contributed by atoms with Crippen molar-refractivity contribution in [3.63, 3.8) is 0 Å². The van der Waals surface area contributed by atoms with Gasteiger partial charge < -0.3 is 5.32 Å². The van der Waals surface area contributed by atoms with Gasteiger partial charge in [0.25, 0.3) is 0 Å². The number of aryl methyl sites for hydroxylation is 2. The highest BCUT2D eigenvalue weighted by Gasteiger charge is 2.32. The molecule has 1 amide bonds. The van der Waals surface area contributed by atoms with Gasteiger partial charge in [0.1, 0.15) is 12.7 Å². The first kappa shape index (κ1) is 22.2. The summed E-state index contributed by atoms with van der Waals surface area (Å²) < 4.78 is 29.3. The highest BCUT2D eigenvalue weighted by Crippen LogP contribution is 2.27. The van der Waals surface area contributed by atoms with Crippen molar-refractivity contribution in [1.29, 1.82) is 0 Å². The lowest BCUT2D eigenvalue weighted by molar-refractivity contribution is -0.120. The van der Waals surface area contributed by atoms with Crippen LogP contribution in [0.3, 0.4) is 0 Å². The number of rotatable bonds is 6. The van der Waals surface area contributed by atoms with E-state index in [-0.39, 0.29) is 11.8 Å². The van der Waals surface area contributed by atoms with E-state index < -0.39 is 10.0 Å². The van der Waals surface area contributed by atoms with E-state index in [0.29, 0.717) is 37.4 Å². The molecule has 2 aromatic carbocycles. The Morgan fingerprint density at radius 1 is 1.12 bits per heavy atom. The molecule has 9 heteroatoms. The van der Waals surface area contributed by atoms with Gasteiger partial charge in [-0.2, -0.15) is 9.40 Å². The van der Waals surface area contributed by atoms with Crippen LogP contribution in [0.4, 0.5) is 5.69 Å². The molecule has 1 N–H and O–H groups in total. The fourth-order valence-corrected chi connectivity index (χ4v) is 5.75. The van der Waals surface area contributed by atoms with Gasteiger partial charge in [-0.25, -0.2) is 18.1 Å². The van der Waals surface area contributed by atoms with E-state index in [0.717, 1.165) is 22.4 Å². The summed E-state index contributed by atoms with van der Waals surface area (Å²) in [4.78, 5) is 17.1. The number of anilines is 1. The van der Waals surface area contributed by atoms with Crippen LogP contribution in [-0.4, -0.2) is 46.5 Å². The number of amides is 1. The number of piperidine rings is 1. The van der Waals surface area contributed by atoms with E-state index in [4.69, 9.17) is 0 Å². The lowest BCUT2D eigenvalue weighted by atomic mass is 9.97. The van der Waals surface area contributed by atoms with Crippen molar-refractivity contribution in [3.05, 3.63) is 71.8 Å². The summed E-state index contributed by atoms with van der Waals surface area (Å²) in [6, 6.07) is 13.0. The number of aromatic nitrogens is 3. The third-order valence-corrected chi connectivity index (χ3v) is 7.84. The summed E-state index contributed by atoms with van der Waals surface area (Å²) in [7, 11) is -3.56. The molecule has 1 aliphatic rings. The molecule has 0 saturated carbocycles. The average molecular weight is 454 g/mol. The van der Waals surface area contributed by atoms with Crippen LogP contribution in [0, 0.1) is 19.8 Å². The van der Waals surface area contributed by atoms with E-state index >= 15 is 0 Å². The van der Waals surface area contributed by atoms with Crippen molar-refractivity contribution in [1.82, 2.24) is 19.1 Å². The zero-order valence-electron chi connectivity index (χ0n) is 18.2. The second kappa shape index (κ2) is 9.22. The van der Waals surface area contributed by atoms with Crippen LogP contribution in [0.15, 0.2) is 60.0 Å². The Balaban J connectivity index is 1.36. The molecule has 4 rings (SSSR count).